The summed E-state index contributed by atoms with van der Waals surface area (Å²) in [6.45, 7) is 0. The molecule has 0 aliphatic rings. The van der Waals surface area contributed by atoms with E-state index < -0.39 is 0 Å². The maximum atomic E-state index is 9.41. The lowest BCUT2D eigenvalue weighted by Gasteiger charge is -2.13. The van der Waals surface area contributed by atoms with Crippen molar-refractivity contribution in [3.63, 3.8) is 0 Å². The van der Waals surface area contributed by atoms with Crippen LogP contribution in [0.4, 0.5) is 11.5 Å². The number of pyridine rings is 2. The van der Waals surface area contributed by atoms with Crippen LogP contribution >= 0.6 is 22.6 Å². The third kappa shape index (κ3) is 2.45. The average Bonchev–Trinajstić information content (AvgIpc) is 2.63. The van der Waals surface area contributed by atoms with E-state index in [-0.39, 0.29) is 0 Å². The first-order valence-corrected chi connectivity index (χ1v) is 8.44. The van der Waals surface area contributed by atoms with Crippen LogP contribution < -0.4 is 5.32 Å². The molecule has 2 aromatic heterocycles. The van der Waals surface area contributed by atoms with Gasteiger partial charge < -0.3 is 5.32 Å². The molecule has 0 fully saturated rings. The Morgan fingerprint density at radius 3 is 2.67 bits per heavy atom. The molecule has 0 saturated carbocycles. The van der Waals surface area contributed by atoms with Crippen LogP contribution in [0.15, 0.2) is 60.9 Å². The van der Waals surface area contributed by atoms with Gasteiger partial charge in [0.2, 0.25) is 0 Å². The van der Waals surface area contributed by atoms with E-state index in [9.17, 15) is 5.26 Å². The minimum absolute atomic E-state index is 0.559. The molecule has 2 aromatic carbocycles. The second-order valence-corrected chi connectivity index (χ2v) is 6.46. The maximum absolute atomic E-state index is 9.41. The molecular formula is C19H11IN4. The van der Waals surface area contributed by atoms with Gasteiger partial charge in [-0.05, 0) is 46.9 Å². The van der Waals surface area contributed by atoms with Crippen LogP contribution in [0.3, 0.4) is 0 Å². The first-order valence-electron chi connectivity index (χ1n) is 7.36. The highest BCUT2D eigenvalue weighted by atomic mass is 127. The van der Waals surface area contributed by atoms with Crippen LogP contribution in [0, 0.1) is 14.9 Å². The highest BCUT2D eigenvalue weighted by Crippen LogP contribution is 2.32. The van der Waals surface area contributed by atoms with Gasteiger partial charge in [0.05, 0.1) is 16.8 Å². The molecule has 0 spiro atoms. The Morgan fingerprint density at radius 2 is 1.83 bits per heavy atom. The zero-order valence-corrected chi connectivity index (χ0v) is 14.7. The number of hydrogen-bond acceptors (Lipinski definition) is 4. The third-order valence-electron chi connectivity index (χ3n) is 3.87. The molecule has 5 heteroatoms. The number of aromatic nitrogens is 2. The van der Waals surface area contributed by atoms with Gasteiger partial charge in [-0.2, -0.15) is 5.26 Å². The Hall–Kier alpha value is -2.72. The standard InChI is InChI=1S/C19H11IN4/c20-16-6-1-2-7-17(16)23-19-14-8-9-22-11-15(14)13-5-3-4-12(10-21)18(13)24-19/h1-9,11H,(H,23,24). The van der Waals surface area contributed by atoms with Gasteiger partial charge in [-0.15, -0.1) is 0 Å². The van der Waals surface area contributed by atoms with E-state index in [1.165, 1.54) is 0 Å². The molecule has 0 saturated heterocycles. The second kappa shape index (κ2) is 6.06. The van der Waals surface area contributed by atoms with Crippen molar-refractivity contribution in [1.29, 1.82) is 5.26 Å². The Morgan fingerprint density at radius 1 is 0.958 bits per heavy atom. The molecule has 2 heterocycles. The minimum Gasteiger partial charge on any atom is -0.339 e. The summed E-state index contributed by atoms with van der Waals surface area (Å²) >= 11 is 2.29. The maximum Gasteiger partial charge on any atom is 0.139 e. The van der Waals surface area contributed by atoms with Gasteiger partial charge in [0.1, 0.15) is 11.9 Å². The minimum atomic E-state index is 0.559. The first-order chi connectivity index (χ1) is 11.8. The normalized spacial score (nSPS) is 10.7. The van der Waals surface area contributed by atoms with Gasteiger partial charge in [0.25, 0.3) is 0 Å². The van der Waals surface area contributed by atoms with E-state index in [2.05, 4.69) is 39.0 Å². The summed E-state index contributed by atoms with van der Waals surface area (Å²) in [5.74, 6) is 0.728. The summed E-state index contributed by atoms with van der Waals surface area (Å²) in [7, 11) is 0. The number of fused-ring (bicyclic) bond motifs is 3. The number of anilines is 2. The van der Waals surface area contributed by atoms with E-state index in [4.69, 9.17) is 4.98 Å². The van der Waals surface area contributed by atoms with Crippen molar-refractivity contribution in [3.8, 4) is 6.07 Å². The number of hydrogen-bond donors (Lipinski definition) is 1. The molecule has 0 bridgehead atoms. The topological polar surface area (TPSA) is 61.6 Å². The van der Waals surface area contributed by atoms with Crippen molar-refractivity contribution >= 4 is 55.8 Å². The number of para-hydroxylation sites is 2. The zero-order valence-electron chi connectivity index (χ0n) is 12.5. The summed E-state index contributed by atoms with van der Waals surface area (Å²) in [6.07, 6.45) is 3.58. The molecule has 0 radical (unpaired) electrons. The highest BCUT2D eigenvalue weighted by Gasteiger charge is 2.12. The summed E-state index contributed by atoms with van der Waals surface area (Å²) in [4.78, 5) is 8.99. The molecule has 1 N–H and O–H groups in total. The second-order valence-electron chi connectivity index (χ2n) is 5.30. The molecule has 4 nitrogen and oxygen atoms in total. The van der Waals surface area contributed by atoms with Crippen LogP contribution in [0.2, 0.25) is 0 Å². The van der Waals surface area contributed by atoms with E-state index in [1.54, 1.807) is 12.3 Å². The lowest BCUT2D eigenvalue weighted by Crippen LogP contribution is -1.99. The van der Waals surface area contributed by atoms with Crippen molar-refractivity contribution < 1.29 is 0 Å². The van der Waals surface area contributed by atoms with Crippen molar-refractivity contribution in [2.75, 3.05) is 5.32 Å². The average molecular weight is 422 g/mol. The Bertz CT molecular complexity index is 1120. The largest absolute Gasteiger partial charge is 0.339 e. The van der Waals surface area contributed by atoms with Gasteiger partial charge in [0.15, 0.2) is 0 Å². The van der Waals surface area contributed by atoms with Crippen LogP contribution in [-0.2, 0) is 0 Å². The first kappa shape index (κ1) is 14.8. The van der Waals surface area contributed by atoms with E-state index in [0.717, 1.165) is 31.2 Å². The molecule has 0 aliphatic carbocycles. The SMILES string of the molecule is N#Cc1cccc2c1nc(Nc1ccccc1I)c1ccncc12. The Kier molecular flexibility index (Phi) is 3.75. The lowest BCUT2D eigenvalue weighted by atomic mass is 10.0. The molecule has 4 aromatic rings. The van der Waals surface area contributed by atoms with Crippen molar-refractivity contribution in [2.45, 2.75) is 0 Å². The Balaban J connectivity index is 2.03. The number of rotatable bonds is 2. The number of halogens is 1. The van der Waals surface area contributed by atoms with Crippen molar-refractivity contribution in [3.05, 3.63) is 70.1 Å². The molecule has 0 atom stereocenters. The summed E-state index contributed by atoms with van der Waals surface area (Å²) in [5.41, 5.74) is 2.23. The van der Waals surface area contributed by atoms with Crippen molar-refractivity contribution in [2.24, 2.45) is 0 Å². The molecular weight excluding hydrogens is 411 g/mol. The predicted molar refractivity (Wildman–Crippen MR) is 104 cm³/mol. The van der Waals surface area contributed by atoms with Crippen LogP contribution in [0.5, 0.6) is 0 Å². The van der Waals surface area contributed by atoms with Gasteiger partial charge in [-0.3, -0.25) is 4.98 Å². The zero-order chi connectivity index (χ0) is 16.5. The van der Waals surface area contributed by atoms with E-state index in [0.29, 0.717) is 11.1 Å². The fraction of sp³-hybridized carbons (Fsp3) is 0. The lowest BCUT2D eigenvalue weighted by molar-refractivity contribution is 1.34. The van der Waals surface area contributed by atoms with Crippen LogP contribution in [0.25, 0.3) is 21.7 Å². The van der Waals surface area contributed by atoms with Crippen LogP contribution in [0.1, 0.15) is 5.56 Å². The molecule has 0 aliphatic heterocycles. The van der Waals surface area contributed by atoms with E-state index >= 15 is 0 Å². The number of nitriles is 1. The van der Waals surface area contributed by atoms with Gasteiger partial charge >= 0.3 is 0 Å². The Labute approximate surface area is 152 Å². The van der Waals surface area contributed by atoms with E-state index in [1.807, 2.05) is 48.7 Å². The quantitative estimate of drug-likeness (QED) is 0.365. The summed E-state index contributed by atoms with van der Waals surface area (Å²) < 4.78 is 1.10. The fourth-order valence-electron chi connectivity index (χ4n) is 2.74. The predicted octanol–water partition coefficient (Wildman–Crippen LogP) is 5.00. The summed E-state index contributed by atoms with van der Waals surface area (Å²) in [6, 6.07) is 17.8. The fourth-order valence-corrected chi connectivity index (χ4v) is 3.27. The number of nitrogens with one attached hydrogen (secondary N) is 1. The molecule has 24 heavy (non-hydrogen) atoms. The number of nitrogens with zero attached hydrogens (tertiary/aromatic N) is 3. The molecule has 4 rings (SSSR count). The molecule has 0 unspecified atom stereocenters. The number of benzene rings is 2. The smallest absolute Gasteiger partial charge is 0.139 e. The van der Waals surface area contributed by atoms with Gasteiger partial charge in [-0.25, -0.2) is 4.98 Å². The highest BCUT2D eigenvalue weighted by molar-refractivity contribution is 14.1. The van der Waals surface area contributed by atoms with Crippen LogP contribution in [-0.4, -0.2) is 9.97 Å². The monoisotopic (exact) mass is 422 g/mol. The summed E-state index contributed by atoms with van der Waals surface area (Å²) in [5, 5.41) is 15.7. The van der Waals surface area contributed by atoms with Crippen molar-refractivity contribution in [1.82, 2.24) is 9.97 Å². The van der Waals surface area contributed by atoms with Gasteiger partial charge in [-0.1, -0.05) is 24.3 Å². The third-order valence-corrected chi connectivity index (χ3v) is 4.81. The molecule has 0 amide bonds. The van der Waals surface area contributed by atoms with Gasteiger partial charge in [0, 0.05) is 32.1 Å². The molecule has 114 valence electrons.